The van der Waals surface area contributed by atoms with E-state index in [0.717, 1.165) is 6.42 Å². The zero-order chi connectivity index (χ0) is 9.26. The molecule has 1 aliphatic carbocycles. The minimum absolute atomic E-state index is 0.0492. The van der Waals surface area contributed by atoms with Gasteiger partial charge in [0.25, 0.3) is 0 Å². The van der Waals surface area contributed by atoms with Crippen LogP contribution in [0.15, 0.2) is 16.9 Å². The molecule has 2 rings (SSSR count). The van der Waals surface area contributed by atoms with E-state index >= 15 is 0 Å². The Morgan fingerprint density at radius 3 is 3.15 bits per heavy atom. The predicted molar refractivity (Wildman–Crippen MR) is 44.7 cm³/mol. The fraction of sp³-hybridized carbons (Fsp3) is 0.500. The van der Waals surface area contributed by atoms with Crippen molar-refractivity contribution in [1.29, 1.82) is 0 Å². The van der Waals surface area contributed by atoms with Gasteiger partial charge in [-0.15, -0.1) is 0 Å². The zero-order valence-electron chi connectivity index (χ0n) is 7.06. The smallest absolute Gasteiger partial charge is 0.226 e. The first kappa shape index (κ1) is 8.25. The standard InChI is InChI=1S/C8H11N3O2/c9-6-4-7(6)10-8(12)3-5-1-2-13-11-5/h1-2,6-7H,3-4,9H2,(H,10,12). The van der Waals surface area contributed by atoms with Crippen LogP contribution in [0.4, 0.5) is 0 Å². The van der Waals surface area contributed by atoms with Gasteiger partial charge in [-0.1, -0.05) is 5.16 Å². The number of hydrogen-bond acceptors (Lipinski definition) is 4. The second kappa shape index (κ2) is 3.18. The Hall–Kier alpha value is -1.36. The molecular weight excluding hydrogens is 170 g/mol. The molecule has 1 heterocycles. The van der Waals surface area contributed by atoms with Crippen LogP contribution >= 0.6 is 0 Å². The maximum atomic E-state index is 11.3. The number of aromatic nitrogens is 1. The van der Waals surface area contributed by atoms with E-state index in [0.29, 0.717) is 5.69 Å². The van der Waals surface area contributed by atoms with Gasteiger partial charge < -0.3 is 15.6 Å². The van der Waals surface area contributed by atoms with Crippen molar-refractivity contribution in [2.45, 2.75) is 24.9 Å². The molecule has 70 valence electrons. The molecule has 1 saturated carbocycles. The lowest BCUT2D eigenvalue weighted by molar-refractivity contribution is -0.120. The molecule has 0 saturated heterocycles. The van der Waals surface area contributed by atoms with Gasteiger partial charge in [0.15, 0.2) is 0 Å². The van der Waals surface area contributed by atoms with Crippen molar-refractivity contribution >= 4 is 5.91 Å². The van der Waals surface area contributed by atoms with Crippen LogP contribution in [0.2, 0.25) is 0 Å². The van der Waals surface area contributed by atoms with Crippen molar-refractivity contribution in [2.75, 3.05) is 0 Å². The highest BCUT2D eigenvalue weighted by molar-refractivity contribution is 5.78. The highest BCUT2D eigenvalue weighted by atomic mass is 16.5. The van der Waals surface area contributed by atoms with Crippen LogP contribution in [-0.2, 0) is 11.2 Å². The number of nitrogens with two attached hydrogens (primary N) is 1. The van der Waals surface area contributed by atoms with E-state index in [-0.39, 0.29) is 24.4 Å². The fourth-order valence-electron chi connectivity index (χ4n) is 1.13. The van der Waals surface area contributed by atoms with Gasteiger partial charge in [0.05, 0.1) is 12.1 Å². The minimum Gasteiger partial charge on any atom is -0.364 e. The molecular formula is C8H11N3O2. The quantitative estimate of drug-likeness (QED) is 0.654. The Kier molecular flexibility index (Phi) is 2.02. The largest absolute Gasteiger partial charge is 0.364 e. The highest BCUT2D eigenvalue weighted by Crippen LogP contribution is 2.17. The van der Waals surface area contributed by atoms with Crippen molar-refractivity contribution in [2.24, 2.45) is 5.73 Å². The minimum atomic E-state index is -0.0492. The molecule has 0 aliphatic heterocycles. The zero-order valence-corrected chi connectivity index (χ0v) is 7.06. The van der Waals surface area contributed by atoms with Gasteiger partial charge in [-0.3, -0.25) is 4.79 Å². The average Bonchev–Trinajstić information content (AvgIpc) is 2.61. The van der Waals surface area contributed by atoms with E-state index in [2.05, 4.69) is 15.0 Å². The lowest BCUT2D eigenvalue weighted by atomic mass is 10.3. The number of hydrogen-bond donors (Lipinski definition) is 2. The molecule has 2 atom stereocenters. The van der Waals surface area contributed by atoms with Crippen molar-refractivity contribution in [3.05, 3.63) is 18.0 Å². The molecule has 0 aromatic carbocycles. The van der Waals surface area contributed by atoms with E-state index in [1.807, 2.05) is 0 Å². The maximum Gasteiger partial charge on any atom is 0.226 e. The lowest BCUT2D eigenvalue weighted by Gasteiger charge is -2.00. The van der Waals surface area contributed by atoms with Crippen molar-refractivity contribution in [3.63, 3.8) is 0 Å². The molecule has 0 radical (unpaired) electrons. The fourth-order valence-corrected chi connectivity index (χ4v) is 1.13. The Balaban J connectivity index is 1.79. The van der Waals surface area contributed by atoms with Crippen molar-refractivity contribution in [3.8, 4) is 0 Å². The number of rotatable bonds is 3. The summed E-state index contributed by atoms with van der Waals surface area (Å²) in [6.07, 6.45) is 2.59. The third-order valence-corrected chi connectivity index (χ3v) is 2.02. The molecule has 1 aromatic rings. The molecule has 1 fully saturated rings. The molecule has 1 amide bonds. The molecule has 5 nitrogen and oxygen atoms in total. The van der Waals surface area contributed by atoms with E-state index in [9.17, 15) is 4.79 Å². The van der Waals surface area contributed by atoms with Crippen molar-refractivity contribution < 1.29 is 9.32 Å². The van der Waals surface area contributed by atoms with E-state index in [1.165, 1.54) is 6.26 Å². The number of carbonyl (C=O) groups excluding carboxylic acids is 1. The summed E-state index contributed by atoms with van der Waals surface area (Å²) in [4.78, 5) is 11.3. The van der Waals surface area contributed by atoms with Gasteiger partial charge in [-0.2, -0.15) is 0 Å². The highest BCUT2D eigenvalue weighted by Gasteiger charge is 2.34. The molecule has 5 heteroatoms. The first-order valence-electron chi connectivity index (χ1n) is 4.20. The third-order valence-electron chi connectivity index (χ3n) is 2.02. The van der Waals surface area contributed by atoms with Crippen LogP contribution in [0.25, 0.3) is 0 Å². The van der Waals surface area contributed by atoms with Crippen LogP contribution in [0.5, 0.6) is 0 Å². The Morgan fingerprint density at radius 1 is 1.85 bits per heavy atom. The molecule has 13 heavy (non-hydrogen) atoms. The summed E-state index contributed by atoms with van der Waals surface area (Å²) in [5.41, 5.74) is 6.18. The summed E-state index contributed by atoms with van der Waals surface area (Å²) in [5, 5.41) is 6.43. The lowest BCUT2D eigenvalue weighted by Crippen LogP contribution is -2.30. The average molecular weight is 181 g/mol. The molecule has 1 aromatic heterocycles. The maximum absolute atomic E-state index is 11.3. The summed E-state index contributed by atoms with van der Waals surface area (Å²) in [5.74, 6) is -0.0492. The summed E-state index contributed by atoms with van der Waals surface area (Å²) < 4.78 is 4.60. The molecule has 0 spiro atoms. The van der Waals surface area contributed by atoms with Gasteiger partial charge in [0.1, 0.15) is 6.26 Å². The first-order chi connectivity index (χ1) is 6.25. The van der Waals surface area contributed by atoms with Gasteiger partial charge in [0.2, 0.25) is 5.91 Å². The van der Waals surface area contributed by atoms with Crippen LogP contribution in [0, 0.1) is 0 Å². The van der Waals surface area contributed by atoms with E-state index in [4.69, 9.17) is 5.73 Å². The first-order valence-corrected chi connectivity index (χ1v) is 4.20. The summed E-state index contributed by atoms with van der Waals surface area (Å²) in [6.45, 7) is 0. The van der Waals surface area contributed by atoms with Crippen LogP contribution in [-0.4, -0.2) is 23.1 Å². The Labute approximate surface area is 75.3 Å². The Bertz CT molecular complexity index is 296. The number of amides is 1. The van der Waals surface area contributed by atoms with Crippen LogP contribution < -0.4 is 11.1 Å². The second-order valence-electron chi connectivity index (χ2n) is 3.24. The SMILES string of the molecule is NC1CC1NC(=O)Cc1ccon1. The topological polar surface area (TPSA) is 81.1 Å². The normalized spacial score (nSPS) is 25.6. The van der Waals surface area contributed by atoms with Gasteiger partial charge in [-0.05, 0) is 6.42 Å². The van der Waals surface area contributed by atoms with Gasteiger partial charge >= 0.3 is 0 Å². The second-order valence-corrected chi connectivity index (χ2v) is 3.24. The molecule has 3 N–H and O–H groups in total. The van der Waals surface area contributed by atoms with Gasteiger partial charge in [-0.25, -0.2) is 0 Å². The molecule has 0 bridgehead atoms. The third kappa shape index (κ3) is 2.06. The van der Waals surface area contributed by atoms with Gasteiger partial charge in [0, 0.05) is 18.2 Å². The van der Waals surface area contributed by atoms with Crippen LogP contribution in [0.3, 0.4) is 0 Å². The van der Waals surface area contributed by atoms with E-state index < -0.39 is 0 Å². The number of nitrogens with one attached hydrogen (secondary N) is 1. The predicted octanol–water partition coefficient (Wildman–Crippen LogP) is -0.567. The molecule has 2 unspecified atom stereocenters. The number of nitrogens with zero attached hydrogens (tertiary/aromatic N) is 1. The molecule has 1 aliphatic rings. The summed E-state index contributed by atoms with van der Waals surface area (Å²) in [6, 6.07) is 1.98. The van der Waals surface area contributed by atoms with Crippen LogP contribution in [0.1, 0.15) is 12.1 Å². The summed E-state index contributed by atoms with van der Waals surface area (Å²) in [7, 11) is 0. The number of carbonyl (C=O) groups is 1. The monoisotopic (exact) mass is 181 g/mol. The van der Waals surface area contributed by atoms with E-state index in [1.54, 1.807) is 6.07 Å². The summed E-state index contributed by atoms with van der Waals surface area (Å²) >= 11 is 0. The van der Waals surface area contributed by atoms with Crippen molar-refractivity contribution in [1.82, 2.24) is 10.5 Å². The Morgan fingerprint density at radius 2 is 2.62 bits per heavy atom.